The molecular weight excluding hydrogens is 252 g/mol. The molecule has 0 bridgehead atoms. The van der Waals surface area contributed by atoms with Gasteiger partial charge in [0.2, 0.25) is 0 Å². The fourth-order valence-electron chi connectivity index (χ4n) is 3.15. The van der Waals surface area contributed by atoms with Gasteiger partial charge in [-0.05, 0) is 39.7 Å². The number of nitrogens with zero attached hydrogens (tertiary/aromatic N) is 1. The fraction of sp³-hybridized carbons (Fsp3) is 1.00. The molecule has 0 spiro atoms. The predicted molar refractivity (Wildman–Crippen MR) is 84.3 cm³/mol. The molecule has 1 saturated heterocycles. The molecule has 120 valence electrons. The van der Waals surface area contributed by atoms with Crippen molar-refractivity contribution in [2.45, 2.75) is 52.0 Å². The summed E-state index contributed by atoms with van der Waals surface area (Å²) in [6.07, 6.45) is 5.13. The lowest BCUT2D eigenvalue weighted by atomic mass is 9.91. The first-order chi connectivity index (χ1) is 9.76. The van der Waals surface area contributed by atoms with Gasteiger partial charge in [0, 0.05) is 38.4 Å². The molecule has 1 unspecified atom stereocenters. The van der Waals surface area contributed by atoms with E-state index in [1.54, 1.807) is 0 Å². The molecule has 4 heteroatoms. The average molecular weight is 286 g/mol. The van der Waals surface area contributed by atoms with Crippen LogP contribution in [0.1, 0.15) is 46.5 Å². The molecule has 4 nitrogen and oxygen atoms in total. The van der Waals surface area contributed by atoms with Crippen LogP contribution >= 0.6 is 0 Å². The summed E-state index contributed by atoms with van der Waals surface area (Å²) >= 11 is 0. The van der Waals surface area contributed by atoms with E-state index >= 15 is 0 Å². The van der Waals surface area contributed by atoms with Crippen LogP contribution in [0.4, 0.5) is 0 Å². The molecule has 0 radical (unpaired) electrons. The second kappa shape index (κ2) is 10.6. The van der Waals surface area contributed by atoms with Crippen LogP contribution in [0, 0.1) is 0 Å². The molecular formula is C16H34N2O2. The second-order valence-corrected chi connectivity index (χ2v) is 5.73. The van der Waals surface area contributed by atoms with Gasteiger partial charge in [-0.3, -0.25) is 4.90 Å². The molecule has 1 rings (SSSR count). The molecule has 20 heavy (non-hydrogen) atoms. The summed E-state index contributed by atoms with van der Waals surface area (Å²) in [6, 6.07) is 0. The SMILES string of the molecule is CCCC1(CN(CCOCC)CCOCC)CCCN1. The van der Waals surface area contributed by atoms with Gasteiger partial charge >= 0.3 is 0 Å². The highest BCUT2D eigenvalue weighted by atomic mass is 16.5. The normalized spacial score (nSPS) is 22.8. The Hall–Kier alpha value is -0.160. The maximum Gasteiger partial charge on any atom is 0.0593 e. The van der Waals surface area contributed by atoms with E-state index in [-0.39, 0.29) is 0 Å². The Morgan fingerprint density at radius 2 is 1.70 bits per heavy atom. The zero-order chi connectivity index (χ0) is 14.7. The van der Waals surface area contributed by atoms with E-state index < -0.39 is 0 Å². The van der Waals surface area contributed by atoms with E-state index in [2.05, 4.69) is 31.0 Å². The third-order valence-electron chi connectivity index (χ3n) is 4.10. The summed E-state index contributed by atoms with van der Waals surface area (Å²) in [6.45, 7) is 14.0. The first kappa shape index (κ1) is 17.9. The zero-order valence-electron chi connectivity index (χ0n) is 13.7. The topological polar surface area (TPSA) is 33.7 Å². The third kappa shape index (κ3) is 6.53. The number of hydrogen-bond acceptors (Lipinski definition) is 4. The van der Waals surface area contributed by atoms with Gasteiger partial charge in [-0.25, -0.2) is 0 Å². The molecule has 1 aliphatic heterocycles. The Morgan fingerprint density at radius 3 is 2.15 bits per heavy atom. The van der Waals surface area contributed by atoms with Gasteiger partial charge in [-0.1, -0.05) is 13.3 Å². The highest BCUT2D eigenvalue weighted by molar-refractivity contribution is 4.95. The van der Waals surface area contributed by atoms with Crippen LogP contribution in [0.5, 0.6) is 0 Å². The third-order valence-corrected chi connectivity index (χ3v) is 4.10. The first-order valence-electron chi connectivity index (χ1n) is 8.39. The van der Waals surface area contributed by atoms with E-state index in [0.29, 0.717) is 5.54 Å². The number of nitrogens with one attached hydrogen (secondary N) is 1. The van der Waals surface area contributed by atoms with Crippen molar-refractivity contribution in [3.63, 3.8) is 0 Å². The van der Waals surface area contributed by atoms with Crippen LogP contribution in [0.25, 0.3) is 0 Å². The lowest BCUT2D eigenvalue weighted by Crippen LogP contribution is -2.51. The lowest BCUT2D eigenvalue weighted by molar-refractivity contribution is 0.0681. The summed E-state index contributed by atoms with van der Waals surface area (Å²) in [5.74, 6) is 0. The Kier molecular flexibility index (Phi) is 9.44. The number of rotatable bonds is 12. The van der Waals surface area contributed by atoms with Crippen molar-refractivity contribution in [2.24, 2.45) is 0 Å². The standard InChI is InChI=1S/C16H34N2O2/c1-4-8-16(9-7-10-17-16)15-18(11-13-19-5-2)12-14-20-6-3/h17H,4-15H2,1-3H3. The van der Waals surface area contributed by atoms with Gasteiger partial charge < -0.3 is 14.8 Å². The number of ether oxygens (including phenoxy) is 2. The predicted octanol–water partition coefficient (Wildman–Crippen LogP) is 2.28. The molecule has 1 N–H and O–H groups in total. The van der Waals surface area contributed by atoms with Gasteiger partial charge in [0.15, 0.2) is 0 Å². The minimum absolute atomic E-state index is 0.327. The lowest BCUT2D eigenvalue weighted by Gasteiger charge is -2.35. The summed E-state index contributed by atoms with van der Waals surface area (Å²) in [7, 11) is 0. The van der Waals surface area contributed by atoms with E-state index in [9.17, 15) is 0 Å². The molecule has 0 amide bonds. The van der Waals surface area contributed by atoms with Crippen LogP contribution in [0.3, 0.4) is 0 Å². The molecule has 0 aromatic carbocycles. The number of hydrogen-bond donors (Lipinski definition) is 1. The van der Waals surface area contributed by atoms with Gasteiger partial charge in [-0.2, -0.15) is 0 Å². The fourth-order valence-corrected chi connectivity index (χ4v) is 3.15. The molecule has 0 aliphatic carbocycles. The minimum Gasteiger partial charge on any atom is -0.380 e. The highest BCUT2D eigenvalue weighted by Gasteiger charge is 2.33. The van der Waals surface area contributed by atoms with Crippen molar-refractivity contribution in [2.75, 3.05) is 52.6 Å². The minimum atomic E-state index is 0.327. The van der Waals surface area contributed by atoms with Crippen LogP contribution in [-0.2, 0) is 9.47 Å². The smallest absolute Gasteiger partial charge is 0.0593 e. The maximum absolute atomic E-state index is 5.52. The van der Waals surface area contributed by atoms with Crippen molar-refractivity contribution >= 4 is 0 Å². The van der Waals surface area contributed by atoms with Crippen LogP contribution in [0.15, 0.2) is 0 Å². The van der Waals surface area contributed by atoms with E-state index in [1.807, 2.05) is 0 Å². The monoisotopic (exact) mass is 286 g/mol. The molecule has 1 fully saturated rings. The van der Waals surface area contributed by atoms with Gasteiger partial charge in [0.25, 0.3) is 0 Å². The molecule has 1 heterocycles. The summed E-state index contributed by atoms with van der Waals surface area (Å²) in [5, 5.41) is 3.76. The second-order valence-electron chi connectivity index (χ2n) is 5.73. The maximum atomic E-state index is 5.52. The van der Waals surface area contributed by atoms with Crippen LogP contribution < -0.4 is 5.32 Å². The summed E-state index contributed by atoms with van der Waals surface area (Å²) in [4.78, 5) is 2.51. The van der Waals surface area contributed by atoms with Crippen molar-refractivity contribution in [3.05, 3.63) is 0 Å². The van der Waals surface area contributed by atoms with Crippen molar-refractivity contribution in [3.8, 4) is 0 Å². The molecule has 1 aliphatic rings. The average Bonchev–Trinajstić information content (AvgIpc) is 2.88. The van der Waals surface area contributed by atoms with Gasteiger partial charge in [-0.15, -0.1) is 0 Å². The largest absolute Gasteiger partial charge is 0.380 e. The van der Waals surface area contributed by atoms with Crippen LogP contribution in [-0.4, -0.2) is 63.0 Å². The molecule has 1 atom stereocenters. The Balaban J connectivity index is 2.46. The van der Waals surface area contributed by atoms with Crippen LogP contribution in [0.2, 0.25) is 0 Å². The summed E-state index contributed by atoms with van der Waals surface area (Å²) in [5.41, 5.74) is 0.327. The zero-order valence-corrected chi connectivity index (χ0v) is 13.7. The van der Waals surface area contributed by atoms with Crippen molar-refractivity contribution in [1.82, 2.24) is 10.2 Å². The van der Waals surface area contributed by atoms with E-state index in [0.717, 1.165) is 46.1 Å². The van der Waals surface area contributed by atoms with Crippen molar-refractivity contribution in [1.29, 1.82) is 0 Å². The first-order valence-corrected chi connectivity index (χ1v) is 8.39. The molecule has 0 aromatic heterocycles. The Bertz CT molecular complexity index is 221. The van der Waals surface area contributed by atoms with E-state index in [4.69, 9.17) is 9.47 Å². The van der Waals surface area contributed by atoms with Gasteiger partial charge in [0.1, 0.15) is 0 Å². The Morgan fingerprint density at radius 1 is 1.05 bits per heavy atom. The molecule has 0 saturated carbocycles. The molecule has 0 aromatic rings. The quantitative estimate of drug-likeness (QED) is 0.558. The van der Waals surface area contributed by atoms with Crippen molar-refractivity contribution < 1.29 is 9.47 Å². The van der Waals surface area contributed by atoms with E-state index in [1.165, 1.54) is 32.2 Å². The Labute approximate surface area is 125 Å². The summed E-state index contributed by atoms with van der Waals surface area (Å²) < 4.78 is 11.0. The highest BCUT2D eigenvalue weighted by Crippen LogP contribution is 2.25. The van der Waals surface area contributed by atoms with Gasteiger partial charge in [0.05, 0.1) is 13.2 Å².